The topological polar surface area (TPSA) is 63.1 Å². The van der Waals surface area contributed by atoms with Crippen molar-refractivity contribution in [3.05, 3.63) is 11.4 Å². The van der Waals surface area contributed by atoms with Gasteiger partial charge in [0.25, 0.3) is 5.91 Å². The van der Waals surface area contributed by atoms with E-state index in [2.05, 4.69) is 15.6 Å². The van der Waals surface area contributed by atoms with Crippen molar-refractivity contribution in [2.45, 2.75) is 64.3 Å². The summed E-state index contributed by atoms with van der Waals surface area (Å²) in [6, 6.07) is 0.378. The minimum Gasteiger partial charge on any atom is -0.337 e. The van der Waals surface area contributed by atoms with Crippen LogP contribution in [0.3, 0.4) is 0 Å². The number of likely N-dealkylation sites (tertiary alicyclic amines) is 1. The fraction of sp³-hybridized carbons (Fsp3) is 0.833. The van der Waals surface area contributed by atoms with Gasteiger partial charge in [0, 0.05) is 13.1 Å². The fourth-order valence-electron chi connectivity index (χ4n) is 4.90. The molecule has 1 aromatic heterocycles. The van der Waals surface area contributed by atoms with Crippen LogP contribution in [0.2, 0.25) is 0 Å². The third kappa shape index (κ3) is 2.85. The van der Waals surface area contributed by atoms with E-state index >= 15 is 0 Å². The van der Waals surface area contributed by atoms with Crippen molar-refractivity contribution < 1.29 is 4.79 Å². The first-order valence-corrected chi connectivity index (χ1v) is 9.60. The average molecular weight is 331 g/mol. The van der Waals surface area contributed by atoms with Crippen LogP contribution in [-0.2, 0) is 0 Å². The Bertz CT molecular complexity index is 599. The highest BCUT2D eigenvalue weighted by molar-refractivity contribution is 5.93. The maximum Gasteiger partial charge on any atom is 0.276 e. The number of carbonyl (C=O) groups is 1. The molecule has 0 unspecified atom stereocenters. The second-order valence-electron chi connectivity index (χ2n) is 7.99. The number of rotatable bonds is 2. The van der Waals surface area contributed by atoms with Gasteiger partial charge < -0.3 is 10.2 Å². The average Bonchev–Trinajstić information content (AvgIpc) is 3.20. The van der Waals surface area contributed by atoms with Gasteiger partial charge in [0.1, 0.15) is 0 Å². The number of amides is 1. The summed E-state index contributed by atoms with van der Waals surface area (Å²) in [6.45, 7) is 5.84. The normalized spacial score (nSPS) is 24.6. The van der Waals surface area contributed by atoms with Gasteiger partial charge in [-0.05, 0) is 57.5 Å². The van der Waals surface area contributed by atoms with E-state index in [0.29, 0.717) is 17.2 Å². The van der Waals surface area contributed by atoms with Crippen LogP contribution < -0.4 is 5.32 Å². The third-order valence-electron chi connectivity index (χ3n) is 6.42. The third-order valence-corrected chi connectivity index (χ3v) is 6.42. The zero-order chi connectivity index (χ0) is 16.6. The SMILES string of the molecule is Cc1c(C(=O)N2CCC3(CCCCC3)C2)nnn1C1CCNCC1. The number of aromatic nitrogens is 3. The van der Waals surface area contributed by atoms with Crippen molar-refractivity contribution in [1.29, 1.82) is 0 Å². The second-order valence-corrected chi connectivity index (χ2v) is 7.99. The van der Waals surface area contributed by atoms with Gasteiger partial charge in [-0.25, -0.2) is 4.68 Å². The molecular formula is C18H29N5O. The molecule has 24 heavy (non-hydrogen) atoms. The Hall–Kier alpha value is -1.43. The highest BCUT2D eigenvalue weighted by Crippen LogP contribution is 2.44. The smallest absolute Gasteiger partial charge is 0.276 e. The lowest BCUT2D eigenvalue weighted by atomic mass is 9.73. The summed E-state index contributed by atoms with van der Waals surface area (Å²) in [7, 11) is 0. The molecule has 1 spiro atoms. The Morgan fingerprint density at radius 1 is 1.17 bits per heavy atom. The van der Waals surface area contributed by atoms with Crippen molar-refractivity contribution in [3.63, 3.8) is 0 Å². The molecule has 0 radical (unpaired) electrons. The maximum absolute atomic E-state index is 13.0. The summed E-state index contributed by atoms with van der Waals surface area (Å²) < 4.78 is 1.99. The van der Waals surface area contributed by atoms with Gasteiger partial charge in [0.2, 0.25) is 0 Å². The lowest BCUT2D eigenvalue weighted by Gasteiger charge is -2.33. The van der Waals surface area contributed by atoms with Crippen LogP contribution in [-0.4, -0.2) is 52.0 Å². The number of nitrogens with zero attached hydrogens (tertiary/aromatic N) is 4. The van der Waals surface area contributed by atoms with Gasteiger partial charge in [-0.2, -0.15) is 0 Å². The van der Waals surface area contributed by atoms with E-state index in [0.717, 1.165) is 44.7 Å². The molecule has 3 aliphatic rings. The Balaban J connectivity index is 1.48. The Morgan fingerprint density at radius 2 is 1.92 bits per heavy atom. The number of hydrogen-bond acceptors (Lipinski definition) is 4. The van der Waals surface area contributed by atoms with E-state index in [1.165, 1.54) is 38.5 Å². The highest BCUT2D eigenvalue weighted by atomic mass is 16.2. The summed E-state index contributed by atoms with van der Waals surface area (Å²) in [4.78, 5) is 15.0. The van der Waals surface area contributed by atoms with E-state index in [1.807, 2.05) is 16.5 Å². The zero-order valence-corrected chi connectivity index (χ0v) is 14.8. The molecule has 2 saturated heterocycles. The first kappa shape index (κ1) is 16.1. The van der Waals surface area contributed by atoms with E-state index in [4.69, 9.17) is 0 Å². The Kier molecular flexibility index (Phi) is 4.33. The zero-order valence-electron chi connectivity index (χ0n) is 14.8. The fourth-order valence-corrected chi connectivity index (χ4v) is 4.90. The van der Waals surface area contributed by atoms with Crippen molar-refractivity contribution in [2.24, 2.45) is 5.41 Å². The maximum atomic E-state index is 13.0. The van der Waals surface area contributed by atoms with Gasteiger partial charge in [-0.1, -0.05) is 24.5 Å². The molecule has 1 amide bonds. The first-order chi connectivity index (χ1) is 11.7. The second kappa shape index (κ2) is 6.47. The molecule has 3 fully saturated rings. The molecule has 0 bridgehead atoms. The van der Waals surface area contributed by atoms with Crippen molar-refractivity contribution >= 4 is 5.91 Å². The van der Waals surface area contributed by atoms with E-state index < -0.39 is 0 Å². The predicted molar refractivity (Wildman–Crippen MR) is 91.9 cm³/mol. The molecule has 0 atom stereocenters. The number of nitrogens with one attached hydrogen (secondary N) is 1. The minimum absolute atomic E-state index is 0.0927. The molecule has 132 valence electrons. The predicted octanol–water partition coefficient (Wildman–Crippen LogP) is 2.31. The van der Waals surface area contributed by atoms with E-state index in [-0.39, 0.29) is 5.91 Å². The molecule has 6 heteroatoms. The number of hydrogen-bond donors (Lipinski definition) is 1. The lowest BCUT2D eigenvalue weighted by Crippen LogP contribution is -2.34. The largest absolute Gasteiger partial charge is 0.337 e. The molecule has 0 aromatic carbocycles. The summed E-state index contributed by atoms with van der Waals surface area (Å²) in [6.07, 6.45) is 9.88. The standard InChI is InChI=1S/C18H29N5O/c1-14-16(20-21-23(14)15-5-10-19-11-6-15)17(24)22-12-9-18(13-22)7-3-2-4-8-18/h15,19H,2-13H2,1H3. The van der Waals surface area contributed by atoms with Crippen molar-refractivity contribution in [1.82, 2.24) is 25.2 Å². The van der Waals surface area contributed by atoms with Crippen LogP contribution in [0.4, 0.5) is 0 Å². The molecule has 3 heterocycles. The molecule has 1 N–H and O–H groups in total. The molecule has 4 rings (SSSR count). The van der Waals surface area contributed by atoms with Crippen LogP contribution in [0.5, 0.6) is 0 Å². The van der Waals surface area contributed by atoms with E-state index in [1.54, 1.807) is 0 Å². The molecule has 1 aliphatic carbocycles. The summed E-state index contributed by atoms with van der Waals surface area (Å²) in [5.41, 5.74) is 1.91. The van der Waals surface area contributed by atoms with Gasteiger partial charge in [0.15, 0.2) is 5.69 Å². The van der Waals surface area contributed by atoms with Crippen LogP contribution >= 0.6 is 0 Å². The minimum atomic E-state index is 0.0927. The monoisotopic (exact) mass is 331 g/mol. The van der Waals surface area contributed by atoms with Gasteiger partial charge >= 0.3 is 0 Å². The molecular weight excluding hydrogens is 302 g/mol. The number of carbonyl (C=O) groups excluding carboxylic acids is 1. The first-order valence-electron chi connectivity index (χ1n) is 9.60. The van der Waals surface area contributed by atoms with Crippen LogP contribution in [0.15, 0.2) is 0 Å². The Labute approximate surface area is 144 Å². The van der Waals surface area contributed by atoms with Gasteiger partial charge in [-0.15, -0.1) is 5.10 Å². The van der Waals surface area contributed by atoms with E-state index in [9.17, 15) is 4.79 Å². The molecule has 1 saturated carbocycles. The van der Waals surface area contributed by atoms with Gasteiger partial charge in [-0.3, -0.25) is 4.79 Å². The quantitative estimate of drug-likeness (QED) is 0.903. The number of piperidine rings is 1. The summed E-state index contributed by atoms with van der Waals surface area (Å²) in [5.74, 6) is 0.0927. The molecule has 2 aliphatic heterocycles. The Morgan fingerprint density at radius 3 is 2.67 bits per heavy atom. The van der Waals surface area contributed by atoms with Crippen molar-refractivity contribution in [2.75, 3.05) is 26.2 Å². The van der Waals surface area contributed by atoms with Crippen LogP contribution in [0, 0.1) is 12.3 Å². The molecule has 1 aromatic rings. The molecule has 6 nitrogen and oxygen atoms in total. The highest BCUT2D eigenvalue weighted by Gasteiger charge is 2.41. The summed E-state index contributed by atoms with van der Waals surface area (Å²) in [5, 5.41) is 12.0. The van der Waals surface area contributed by atoms with Gasteiger partial charge in [0.05, 0.1) is 11.7 Å². The summed E-state index contributed by atoms with van der Waals surface area (Å²) >= 11 is 0. The van der Waals surface area contributed by atoms with Crippen LogP contribution in [0.25, 0.3) is 0 Å². The van der Waals surface area contributed by atoms with Crippen molar-refractivity contribution in [3.8, 4) is 0 Å². The van der Waals surface area contributed by atoms with Crippen LogP contribution in [0.1, 0.15) is 73.6 Å². The lowest BCUT2D eigenvalue weighted by molar-refractivity contribution is 0.0752.